The molecule has 5 heteroatoms. The van der Waals surface area contributed by atoms with Crippen LogP contribution in [0.25, 0.3) is 0 Å². The molecular formula is C11H7N3O2. The number of para-hydroxylation sites is 1. The molecule has 0 spiro atoms. The van der Waals surface area contributed by atoms with Crippen LogP contribution < -0.4 is 4.90 Å². The standard InChI is InChI=1S/C11H7N3O2/c15-10-9-12-6-7-13(9)11(16)14(10)8-4-2-1-3-5-8/h1-7H. The van der Waals surface area contributed by atoms with Gasteiger partial charge in [0.1, 0.15) is 0 Å². The van der Waals surface area contributed by atoms with E-state index in [4.69, 9.17) is 0 Å². The van der Waals surface area contributed by atoms with Crippen LogP contribution in [0.15, 0.2) is 42.7 Å². The van der Waals surface area contributed by atoms with Gasteiger partial charge in [0.2, 0.25) is 5.82 Å². The molecule has 1 aliphatic heterocycles. The van der Waals surface area contributed by atoms with Gasteiger partial charge in [-0.15, -0.1) is 0 Å². The molecule has 0 bridgehead atoms. The van der Waals surface area contributed by atoms with E-state index >= 15 is 0 Å². The summed E-state index contributed by atoms with van der Waals surface area (Å²) in [6.07, 6.45) is 2.92. The maximum Gasteiger partial charge on any atom is 0.341 e. The number of aromatic nitrogens is 2. The molecule has 3 rings (SSSR count). The molecule has 1 aromatic carbocycles. The molecule has 5 nitrogen and oxygen atoms in total. The second kappa shape index (κ2) is 3.03. The van der Waals surface area contributed by atoms with Gasteiger partial charge >= 0.3 is 11.9 Å². The number of amides is 2. The number of fused-ring (bicyclic) bond motifs is 1. The minimum absolute atomic E-state index is 0.161. The molecule has 16 heavy (non-hydrogen) atoms. The number of nitrogens with zero attached hydrogens (tertiary/aromatic N) is 3. The fourth-order valence-corrected chi connectivity index (χ4v) is 1.72. The van der Waals surface area contributed by atoms with E-state index in [-0.39, 0.29) is 17.8 Å². The van der Waals surface area contributed by atoms with Gasteiger partial charge in [-0.25, -0.2) is 19.2 Å². The van der Waals surface area contributed by atoms with Crippen molar-refractivity contribution in [2.75, 3.05) is 4.90 Å². The van der Waals surface area contributed by atoms with Gasteiger partial charge in [0.15, 0.2) is 0 Å². The first-order chi connectivity index (χ1) is 7.79. The highest BCUT2D eigenvalue weighted by Crippen LogP contribution is 2.22. The molecular weight excluding hydrogens is 206 g/mol. The van der Waals surface area contributed by atoms with Gasteiger partial charge in [-0.05, 0) is 12.1 Å². The number of carbonyl (C=O) groups excluding carboxylic acids is 2. The third-order valence-corrected chi connectivity index (χ3v) is 2.45. The molecule has 78 valence electrons. The van der Waals surface area contributed by atoms with Crippen molar-refractivity contribution in [3.8, 4) is 0 Å². The monoisotopic (exact) mass is 213 g/mol. The van der Waals surface area contributed by atoms with Crippen LogP contribution in [0.4, 0.5) is 10.5 Å². The Morgan fingerprint density at radius 1 is 1.06 bits per heavy atom. The van der Waals surface area contributed by atoms with Crippen LogP contribution in [-0.4, -0.2) is 21.5 Å². The smallest absolute Gasteiger partial charge is 0.265 e. The molecule has 0 atom stereocenters. The van der Waals surface area contributed by atoms with Crippen molar-refractivity contribution in [3.63, 3.8) is 0 Å². The second-order valence-corrected chi connectivity index (χ2v) is 3.38. The second-order valence-electron chi connectivity index (χ2n) is 3.38. The fourth-order valence-electron chi connectivity index (χ4n) is 1.72. The van der Waals surface area contributed by atoms with Crippen LogP contribution in [0.2, 0.25) is 0 Å². The van der Waals surface area contributed by atoms with Crippen LogP contribution in [-0.2, 0) is 0 Å². The molecule has 0 saturated heterocycles. The van der Waals surface area contributed by atoms with Crippen molar-refractivity contribution in [2.24, 2.45) is 0 Å². The lowest BCUT2D eigenvalue weighted by molar-refractivity contribution is 0.0998. The maximum atomic E-state index is 11.9. The van der Waals surface area contributed by atoms with E-state index in [0.717, 1.165) is 4.90 Å². The number of imidazole rings is 1. The van der Waals surface area contributed by atoms with Crippen molar-refractivity contribution in [1.82, 2.24) is 9.55 Å². The van der Waals surface area contributed by atoms with Gasteiger partial charge in [-0.1, -0.05) is 18.2 Å². The molecule has 0 radical (unpaired) electrons. The van der Waals surface area contributed by atoms with E-state index in [0.29, 0.717) is 5.69 Å². The molecule has 1 aliphatic rings. The molecule has 0 aliphatic carbocycles. The first-order valence-electron chi connectivity index (χ1n) is 4.76. The van der Waals surface area contributed by atoms with Gasteiger partial charge in [-0.3, -0.25) is 4.79 Å². The predicted octanol–water partition coefficient (Wildman–Crippen LogP) is 1.51. The average Bonchev–Trinajstić information content (AvgIpc) is 2.86. The number of carbonyl (C=O) groups is 2. The molecule has 2 amide bonds. The van der Waals surface area contributed by atoms with Gasteiger partial charge in [0, 0.05) is 12.4 Å². The Labute approximate surface area is 90.9 Å². The van der Waals surface area contributed by atoms with E-state index in [9.17, 15) is 9.59 Å². The highest BCUT2D eigenvalue weighted by Gasteiger charge is 2.37. The molecule has 0 fully saturated rings. The zero-order chi connectivity index (χ0) is 11.1. The van der Waals surface area contributed by atoms with Crippen LogP contribution in [0.5, 0.6) is 0 Å². The Bertz CT molecular complexity index is 543. The number of hydrogen-bond donors (Lipinski definition) is 0. The van der Waals surface area contributed by atoms with Gasteiger partial charge in [0.25, 0.3) is 0 Å². The largest absolute Gasteiger partial charge is 0.341 e. The topological polar surface area (TPSA) is 55.2 Å². The minimum atomic E-state index is -0.388. The summed E-state index contributed by atoms with van der Waals surface area (Å²) in [6, 6.07) is 8.41. The van der Waals surface area contributed by atoms with Crippen molar-refractivity contribution < 1.29 is 9.59 Å². The van der Waals surface area contributed by atoms with Crippen LogP contribution >= 0.6 is 0 Å². The fraction of sp³-hybridized carbons (Fsp3) is 0. The van der Waals surface area contributed by atoms with Crippen LogP contribution in [0, 0.1) is 0 Å². The first kappa shape index (κ1) is 8.84. The molecule has 0 N–H and O–H groups in total. The summed E-state index contributed by atoms with van der Waals surface area (Å²) in [5, 5.41) is 0. The first-order valence-corrected chi connectivity index (χ1v) is 4.76. The molecule has 2 aromatic rings. The minimum Gasteiger partial charge on any atom is -0.265 e. The quantitative estimate of drug-likeness (QED) is 0.721. The molecule has 0 saturated carbocycles. The summed E-state index contributed by atoms with van der Waals surface area (Å²) in [4.78, 5) is 28.8. The lowest BCUT2D eigenvalue weighted by atomic mass is 10.3. The van der Waals surface area contributed by atoms with E-state index < -0.39 is 0 Å². The van der Waals surface area contributed by atoms with E-state index in [1.807, 2.05) is 6.07 Å². The van der Waals surface area contributed by atoms with Crippen molar-refractivity contribution >= 4 is 17.6 Å². The van der Waals surface area contributed by atoms with Gasteiger partial charge in [0.05, 0.1) is 5.69 Å². The highest BCUT2D eigenvalue weighted by molar-refractivity contribution is 6.25. The summed E-state index contributed by atoms with van der Waals surface area (Å²) < 4.78 is 1.25. The predicted molar refractivity (Wildman–Crippen MR) is 56.3 cm³/mol. The molecule has 0 unspecified atom stereocenters. The summed E-state index contributed by atoms with van der Waals surface area (Å²) >= 11 is 0. The summed E-state index contributed by atoms with van der Waals surface area (Å²) in [6.45, 7) is 0. The van der Waals surface area contributed by atoms with Crippen molar-refractivity contribution in [3.05, 3.63) is 48.5 Å². The third-order valence-electron chi connectivity index (χ3n) is 2.45. The Hall–Kier alpha value is -2.43. The number of anilines is 1. The maximum absolute atomic E-state index is 11.9. The highest BCUT2D eigenvalue weighted by atomic mass is 16.2. The SMILES string of the molecule is O=C1c2nccn2C(=O)N1c1ccccc1. The normalized spacial score (nSPS) is 14.4. The Kier molecular flexibility index (Phi) is 1.67. The Morgan fingerprint density at radius 2 is 1.81 bits per heavy atom. The zero-order valence-electron chi connectivity index (χ0n) is 8.20. The van der Waals surface area contributed by atoms with E-state index in [1.54, 1.807) is 24.3 Å². The van der Waals surface area contributed by atoms with Crippen molar-refractivity contribution in [2.45, 2.75) is 0 Å². The lowest BCUT2D eigenvalue weighted by Crippen LogP contribution is -2.30. The lowest BCUT2D eigenvalue weighted by Gasteiger charge is -2.11. The molecule has 2 heterocycles. The zero-order valence-corrected chi connectivity index (χ0v) is 8.20. The van der Waals surface area contributed by atoms with Gasteiger partial charge in [-0.2, -0.15) is 0 Å². The number of rotatable bonds is 1. The summed E-state index contributed by atoms with van der Waals surface area (Å²) in [7, 11) is 0. The Morgan fingerprint density at radius 3 is 2.50 bits per heavy atom. The van der Waals surface area contributed by atoms with Crippen LogP contribution in [0.3, 0.4) is 0 Å². The average molecular weight is 213 g/mol. The third kappa shape index (κ3) is 1.02. The number of benzene rings is 1. The summed E-state index contributed by atoms with van der Waals surface area (Å²) in [5.74, 6) is -0.227. The molecule has 1 aromatic heterocycles. The summed E-state index contributed by atoms with van der Waals surface area (Å²) in [5.41, 5.74) is 0.558. The van der Waals surface area contributed by atoms with Crippen LogP contribution in [0.1, 0.15) is 10.6 Å². The van der Waals surface area contributed by atoms with E-state index in [2.05, 4.69) is 4.98 Å². The number of hydrogen-bond acceptors (Lipinski definition) is 3. The Balaban J connectivity index is 2.11. The van der Waals surface area contributed by atoms with Gasteiger partial charge < -0.3 is 0 Å². The number of imide groups is 1. The van der Waals surface area contributed by atoms with E-state index in [1.165, 1.54) is 17.0 Å². The van der Waals surface area contributed by atoms with Crippen molar-refractivity contribution in [1.29, 1.82) is 0 Å².